The van der Waals surface area contributed by atoms with Gasteiger partial charge in [0.25, 0.3) is 0 Å². The minimum atomic E-state index is -4.44. The summed E-state index contributed by atoms with van der Waals surface area (Å²) in [5, 5.41) is 17.4. The number of hydrogen-bond acceptors (Lipinski definition) is 5. The van der Waals surface area contributed by atoms with Crippen LogP contribution in [0.15, 0.2) is 29.3 Å². The molecule has 0 spiro atoms. The molecule has 10 heteroatoms. The summed E-state index contributed by atoms with van der Waals surface area (Å²) in [5.74, 6) is 0.590. The second-order valence-corrected chi connectivity index (χ2v) is 7.92. The zero-order valence-electron chi connectivity index (χ0n) is 17.2. The van der Waals surface area contributed by atoms with E-state index in [0.717, 1.165) is 29.3 Å². The van der Waals surface area contributed by atoms with Crippen LogP contribution in [0.4, 0.5) is 13.2 Å². The van der Waals surface area contributed by atoms with E-state index in [9.17, 15) is 18.3 Å². The number of aryl methyl sites for hydroxylation is 2. The number of nitrogens with zero attached hydrogens (tertiary/aromatic N) is 2. The van der Waals surface area contributed by atoms with E-state index in [1.165, 1.54) is 17.0 Å². The maximum atomic E-state index is 12.7. The maximum Gasteiger partial charge on any atom is 0.416 e. The van der Waals surface area contributed by atoms with Gasteiger partial charge < -0.3 is 20.5 Å². The molecule has 1 unspecified atom stereocenters. The molecule has 2 rings (SSSR count). The van der Waals surface area contributed by atoms with E-state index in [0.29, 0.717) is 19.0 Å². The van der Waals surface area contributed by atoms with E-state index in [1.807, 2.05) is 20.8 Å². The third-order valence-corrected chi connectivity index (χ3v) is 5.24. The van der Waals surface area contributed by atoms with Crippen molar-refractivity contribution in [3.8, 4) is 5.75 Å². The Morgan fingerprint density at radius 2 is 2.07 bits per heavy atom. The third-order valence-electron chi connectivity index (χ3n) is 4.11. The fraction of sp³-hybridized carbons (Fsp3) is 0.500. The normalized spacial score (nSPS) is 13.2. The van der Waals surface area contributed by atoms with Gasteiger partial charge >= 0.3 is 6.18 Å². The molecule has 2 aromatic rings. The largest absolute Gasteiger partial charge is 0.491 e. The van der Waals surface area contributed by atoms with Crippen molar-refractivity contribution in [3.05, 3.63) is 45.4 Å². The topological polar surface area (TPSA) is 78.8 Å². The van der Waals surface area contributed by atoms with Gasteiger partial charge in [0.15, 0.2) is 5.96 Å². The van der Waals surface area contributed by atoms with Crippen molar-refractivity contribution in [1.29, 1.82) is 0 Å². The van der Waals surface area contributed by atoms with E-state index in [1.54, 1.807) is 11.3 Å². The molecule has 1 heterocycles. The number of aliphatic hydroxyl groups is 1. The zero-order valence-corrected chi connectivity index (χ0v) is 18.0. The molecule has 3 N–H and O–H groups in total. The SMILES string of the molecule is CCNC(=NCC(O)COc1cccc(C(F)(F)F)c1)NCCc1nc(C)c(C)s1. The van der Waals surface area contributed by atoms with Crippen molar-refractivity contribution in [1.82, 2.24) is 15.6 Å². The highest BCUT2D eigenvalue weighted by molar-refractivity contribution is 7.11. The highest BCUT2D eigenvalue weighted by atomic mass is 32.1. The van der Waals surface area contributed by atoms with Gasteiger partial charge in [0.1, 0.15) is 18.5 Å². The van der Waals surface area contributed by atoms with Crippen molar-refractivity contribution in [2.45, 2.75) is 39.5 Å². The summed E-state index contributed by atoms with van der Waals surface area (Å²) in [5.41, 5.74) is 0.247. The number of aliphatic imine (C=N–C) groups is 1. The molecule has 0 radical (unpaired) electrons. The van der Waals surface area contributed by atoms with Crippen molar-refractivity contribution < 1.29 is 23.0 Å². The summed E-state index contributed by atoms with van der Waals surface area (Å²) in [7, 11) is 0. The van der Waals surface area contributed by atoms with Gasteiger partial charge in [-0.25, -0.2) is 4.98 Å². The molecule has 6 nitrogen and oxygen atoms in total. The minimum absolute atomic E-state index is 0.0454. The van der Waals surface area contributed by atoms with Gasteiger partial charge in [0.05, 0.1) is 22.8 Å². The molecular weight excluding hydrogens is 417 g/mol. The van der Waals surface area contributed by atoms with Gasteiger partial charge in [0, 0.05) is 24.4 Å². The highest BCUT2D eigenvalue weighted by Gasteiger charge is 2.30. The van der Waals surface area contributed by atoms with Crippen LogP contribution >= 0.6 is 11.3 Å². The number of guanidine groups is 1. The number of rotatable bonds is 9. The van der Waals surface area contributed by atoms with Gasteiger partial charge in [0.2, 0.25) is 0 Å². The fourth-order valence-corrected chi connectivity index (χ4v) is 3.41. The zero-order chi connectivity index (χ0) is 22.1. The summed E-state index contributed by atoms with van der Waals surface area (Å²) in [6, 6.07) is 4.56. The van der Waals surface area contributed by atoms with Crippen LogP contribution in [-0.2, 0) is 12.6 Å². The van der Waals surface area contributed by atoms with Crippen molar-refractivity contribution in [2.24, 2.45) is 4.99 Å². The van der Waals surface area contributed by atoms with Gasteiger partial charge in [-0.2, -0.15) is 13.2 Å². The molecule has 0 bridgehead atoms. The first kappa shape index (κ1) is 23.9. The monoisotopic (exact) mass is 444 g/mol. The number of nitrogens with one attached hydrogen (secondary N) is 2. The molecule has 1 aromatic carbocycles. The van der Waals surface area contributed by atoms with Gasteiger partial charge in [-0.05, 0) is 39.0 Å². The molecule has 0 aliphatic carbocycles. The van der Waals surface area contributed by atoms with E-state index >= 15 is 0 Å². The van der Waals surface area contributed by atoms with E-state index < -0.39 is 17.8 Å². The Morgan fingerprint density at radius 3 is 2.70 bits per heavy atom. The number of benzene rings is 1. The number of halogens is 3. The molecule has 0 aliphatic heterocycles. The van der Waals surface area contributed by atoms with Crippen LogP contribution in [0.25, 0.3) is 0 Å². The van der Waals surface area contributed by atoms with Crippen LogP contribution in [0.5, 0.6) is 5.75 Å². The smallest absolute Gasteiger partial charge is 0.416 e. The average molecular weight is 445 g/mol. The first-order chi connectivity index (χ1) is 14.2. The summed E-state index contributed by atoms with van der Waals surface area (Å²) in [6.45, 7) is 7.12. The van der Waals surface area contributed by atoms with Crippen LogP contribution in [0.1, 0.15) is 28.1 Å². The Kier molecular flexibility index (Phi) is 8.91. The molecule has 0 saturated carbocycles. The van der Waals surface area contributed by atoms with E-state index in [2.05, 4.69) is 20.6 Å². The number of ether oxygens (including phenoxy) is 1. The van der Waals surface area contributed by atoms with Gasteiger partial charge in [-0.15, -0.1) is 11.3 Å². The standard InChI is InChI=1S/C20H27F3N4O2S/c1-4-24-19(25-9-8-18-27-13(2)14(3)30-18)26-11-16(28)12-29-17-7-5-6-15(10-17)20(21,22)23/h5-7,10,16,28H,4,8-9,11-12H2,1-3H3,(H2,24,25,26). The van der Waals surface area contributed by atoms with Crippen molar-refractivity contribution in [2.75, 3.05) is 26.2 Å². The number of alkyl halides is 3. The molecule has 1 atom stereocenters. The molecule has 166 valence electrons. The lowest BCUT2D eigenvalue weighted by atomic mass is 10.2. The second kappa shape index (κ2) is 11.2. The van der Waals surface area contributed by atoms with Crippen LogP contribution in [0, 0.1) is 13.8 Å². The lowest BCUT2D eigenvalue weighted by molar-refractivity contribution is -0.137. The third kappa shape index (κ3) is 7.83. The lowest BCUT2D eigenvalue weighted by Gasteiger charge is -2.14. The van der Waals surface area contributed by atoms with Crippen LogP contribution < -0.4 is 15.4 Å². The Morgan fingerprint density at radius 1 is 1.30 bits per heavy atom. The lowest BCUT2D eigenvalue weighted by Crippen LogP contribution is -2.39. The highest BCUT2D eigenvalue weighted by Crippen LogP contribution is 2.31. The minimum Gasteiger partial charge on any atom is -0.491 e. The quantitative estimate of drug-likeness (QED) is 0.409. The molecule has 0 aliphatic rings. The average Bonchev–Trinajstić information content (AvgIpc) is 3.01. The van der Waals surface area contributed by atoms with Gasteiger partial charge in [-0.3, -0.25) is 4.99 Å². The predicted octanol–water partition coefficient (Wildman–Crippen LogP) is 3.32. The molecule has 0 amide bonds. The number of aliphatic hydroxyl groups excluding tert-OH is 1. The van der Waals surface area contributed by atoms with Crippen LogP contribution in [0.2, 0.25) is 0 Å². The second-order valence-electron chi connectivity index (χ2n) is 6.64. The van der Waals surface area contributed by atoms with Crippen molar-refractivity contribution >= 4 is 17.3 Å². The van der Waals surface area contributed by atoms with E-state index in [-0.39, 0.29) is 18.9 Å². The molecule has 1 aromatic heterocycles. The Hall–Kier alpha value is -2.33. The number of thiazole rings is 1. The molecule has 30 heavy (non-hydrogen) atoms. The Balaban J connectivity index is 1.81. The first-order valence-corrected chi connectivity index (χ1v) is 10.4. The van der Waals surface area contributed by atoms with Crippen LogP contribution in [0.3, 0.4) is 0 Å². The molecular formula is C20H27F3N4O2S. The van der Waals surface area contributed by atoms with Crippen molar-refractivity contribution in [3.63, 3.8) is 0 Å². The summed E-state index contributed by atoms with van der Waals surface area (Å²) < 4.78 is 43.5. The predicted molar refractivity (Wildman–Crippen MR) is 112 cm³/mol. The first-order valence-electron chi connectivity index (χ1n) is 9.62. The summed E-state index contributed by atoms with van der Waals surface area (Å²) >= 11 is 1.67. The molecule has 0 fully saturated rings. The Bertz CT molecular complexity index is 820. The Labute approximate surface area is 178 Å². The number of hydrogen-bond donors (Lipinski definition) is 3. The summed E-state index contributed by atoms with van der Waals surface area (Å²) in [6.07, 6.45) is -4.64. The van der Waals surface area contributed by atoms with Gasteiger partial charge in [-0.1, -0.05) is 6.07 Å². The summed E-state index contributed by atoms with van der Waals surface area (Å²) in [4.78, 5) is 10.0. The van der Waals surface area contributed by atoms with Crippen LogP contribution in [-0.4, -0.2) is 48.4 Å². The van der Waals surface area contributed by atoms with E-state index in [4.69, 9.17) is 4.74 Å². The number of aromatic nitrogens is 1. The molecule has 0 saturated heterocycles. The fourth-order valence-electron chi connectivity index (χ4n) is 2.48. The maximum absolute atomic E-state index is 12.7.